The molecule has 1 fully saturated rings. The van der Waals surface area contributed by atoms with Crippen molar-refractivity contribution >= 4 is 6.08 Å². The number of nitrogens with zero attached hydrogens (tertiary/aromatic N) is 1. The fourth-order valence-electron chi connectivity index (χ4n) is 1.63. The summed E-state index contributed by atoms with van der Waals surface area (Å²) in [5, 5.41) is 1.78. The van der Waals surface area contributed by atoms with Crippen LogP contribution in [0.25, 0.3) is 6.08 Å². The highest BCUT2D eigenvalue weighted by Crippen LogP contribution is 2.28. The zero-order valence-electron chi connectivity index (χ0n) is 7.06. The molecule has 0 amide bonds. The molecule has 13 heavy (non-hydrogen) atoms. The maximum Gasteiger partial charge on any atom is 0.217 e. The first kappa shape index (κ1) is 6.97. The van der Waals surface area contributed by atoms with Crippen LogP contribution in [0.5, 0.6) is 0 Å². The smallest absolute Gasteiger partial charge is 0.217 e. The summed E-state index contributed by atoms with van der Waals surface area (Å²) >= 11 is 0. The van der Waals surface area contributed by atoms with Crippen molar-refractivity contribution in [3.8, 4) is 0 Å². The van der Waals surface area contributed by atoms with Crippen molar-refractivity contribution in [1.82, 2.24) is 5.06 Å². The summed E-state index contributed by atoms with van der Waals surface area (Å²) in [6, 6.07) is 8.25. The number of hydrogen-bond donors (Lipinski definition) is 0. The van der Waals surface area contributed by atoms with E-state index in [0.29, 0.717) is 6.79 Å². The van der Waals surface area contributed by atoms with E-state index in [9.17, 15) is 0 Å². The van der Waals surface area contributed by atoms with E-state index < -0.39 is 0 Å². The van der Waals surface area contributed by atoms with Crippen LogP contribution in [0.15, 0.2) is 30.1 Å². The van der Waals surface area contributed by atoms with Crippen LogP contribution < -0.4 is 0 Å². The van der Waals surface area contributed by atoms with Crippen LogP contribution in [0.3, 0.4) is 0 Å². The number of rotatable bonds is 0. The van der Waals surface area contributed by atoms with Gasteiger partial charge in [0.1, 0.15) is 0 Å². The van der Waals surface area contributed by atoms with Crippen molar-refractivity contribution in [2.45, 2.75) is 6.54 Å². The molecule has 0 unspecified atom stereocenters. The van der Waals surface area contributed by atoms with Gasteiger partial charge in [-0.05, 0) is 11.1 Å². The van der Waals surface area contributed by atoms with Crippen LogP contribution in [0.1, 0.15) is 11.1 Å². The molecule has 1 saturated heterocycles. The molecule has 0 aliphatic carbocycles. The molecule has 66 valence electrons. The van der Waals surface area contributed by atoms with Crippen molar-refractivity contribution in [3.63, 3.8) is 0 Å². The zero-order chi connectivity index (χ0) is 8.67. The van der Waals surface area contributed by atoms with Gasteiger partial charge in [0.25, 0.3) is 0 Å². The van der Waals surface area contributed by atoms with Gasteiger partial charge in [-0.2, -0.15) is 0 Å². The van der Waals surface area contributed by atoms with E-state index in [-0.39, 0.29) is 0 Å². The SMILES string of the molecule is C1=C2OCON2Cc2ccccc21. The largest absolute Gasteiger partial charge is 0.448 e. The van der Waals surface area contributed by atoms with Gasteiger partial charge in [-0.25, -0.2) is 9.90 Å². The molecule has 0 radical (unpaired) electrons. The molecule has 0 saturated carbocycles. The first-order valence-corrected chi connectivity index (χ1v) is 4.26. The van der Waals surface area contributed by atoms with Crippen molar-refractivity contribution in [3.05, 3.63) is 41.3 Å². The van der Waals surface area contributed by atoms with Gasteiger partial charge < -0.3 is 4.74 Å². The molecule has 0 spiro atoms. The zero-order valence-corrected chi connectivity index (χ0v) is 7.06. The Morgan fingerprint density at radius 3 is 3.15 bits per heavy atom. The lowest BCUT2D eigenvalue weighted by molar-refractivity contribution is -0.109. The fraction of sp³-hybridized carbons (Fsp3) is 0.200. The second-order valence-electron chi connectivity index (χ2n) is 3.11. The number of hydroxylamine groups is 2. The normalized spacial score (nSPS) is 18.8. The van der Waals surface area contributed by atoms with E-state index in [4.69, 9.17) is 9.57 Å². The van der Waals surface area contributed by atoms with Crippen molar-refractivity contribution in [1.29, 1.82) is 0 Å². The molecule has 3 rings (SSSR count). The summed E-state index contributed by atoms with van der Waals surface area (Å²) < 4.78 is 5.28. The van der Waals surface area contributed by atoms with E-state index in [1.54, 1.807) is 5.06 Å². The molecular weight excluding hydrogens is 166 g/mol. The van der Waals surface area contributed by atoms with Crippen LogP contribution in [-0.4, -0.2) is 11.9 Å². The second-order valence-corrected chi connectivity index (χ2v) is 3.11. The van der Waals surface area contributed by atoms with Crippen LogP contribution in [0.2, 0.25) is 0 Å². The Hall–Kier alpha value is -1.48. The molecule has 0 atom stereocenters. The van der Waals surface area contributed by atoms with E-state index in [2.05, 4.69) is 12.1 Å². The number of benzene rings is 1. The summed E-state index contributed by atoms with van der Waals surface area (Å²) in [7, 11) is 0. The fourth-order valence-corrected chi connectivity index (χ4v) is 1.63. The molecule has 3 heteroatoms. The second kappa shape index (κ2) is 2.50. The Bertz CT molecular complexity index is 373. The van der Waals surface area contributed by atoms with Gasteiger partial charge in [0.15, 0.2) is 0 Å². The van der Waals surface area contributed by atoms with Crippen LogP contribution in [0, 0.1) is 0 Å². The third kappa shape index (κ3) is 1.01. The quantitative estimate of drug-likeness (QED) is 0.599. The van der Waals surface area contributed by atoms with Gasteiger partial charge in [-0.1, -0.05) is 24.3 Å². The number of ether oxygens (including phenoxy) is 1. The minimum Gasteiger partial charge on any atom is -0.448 e. The highest BCUT2D eigenvalue weighted by Gasteiger charge is 2.24. The maximum atomic E-state index is 5.28. The standard InChI is InChI=1S/C10H9NO2/c1-2-4-9-6-11-10(12-7-13-11)5-8(9)3-1/h1-5H,6-7H2. The summed E-state index contributed by atoms with van der Waals surface area (Å²) in [5.74, 6) is 0.818. The Kier molecular flexibility index (Phi) is 1.34. The molecule has 1 aromatic rings. The van der Waals surface area contributed by atoms with Crippen LogP contribution in [0.4, 0.5) is 0 Å². The molecule has 0 N–H and O–H groups in total. The lowest BCUT2D eigenvalue weighted by Gasteiger charge is -2.20. The lowest BCUT2D eigenvalue weighted by Crippen LogP contribution is -2.19. The summed E-state index contributed by atoms with van der Waals surface area (Å²) in [4.78, 5) is 5.26. The Morgan fingerprint density at radius 2 is 2.15 bits per heavy atom. The topological polar surface area (TPSA) is 21.7 Å². The molecule has 2 aliphatic heterocycles. The molecule has 2 aliphatic rings. The predicted molar refractivity (Wildman–Crippen MR) is 47.0 cm³/mol. The Morgan fingerprint density at radius 1 is 1.23 bits per heavy atom. The van der Waals surface area contributed by atoms with Crippen LogP contribution in [-0.2, 0) is 16.1 Å². The average molecular weight is 175 g/mol. The van der Waals surface area contributed by atoms with Gasteiger partial charge in [0.05, 0.1) is 6.54 Å². The first-order valence-electron chi connectivity index (χ1n) is 4.26. The van der Waals surface area contributed by atoms with Gasteiger partial charge in [0.2, 0.25) is 12.7 Å². The molecular formula is C10H9NO2. The van der Waals surface area contributed by atoms with Crippen molar-refractivity contribution < 1.29 is 9.57 Å². The Labute approximate surface area is 76.1 Å². The summed E-state index contributed by atoms with van der Waals surface area (Å²) in [5.41, 5.74) is 2.50. The molecule has 0 bridgehead atoms. The highest BCUT2D eigenvalue weighted by molar-refractivity contribution is 5.57. The van der Waals surface area contributed by atoms with Crippen molar-refractivity contribution in [2.75, 3.05) is 6.79 Å². The average Bonchev–Trinajstić information content (AvgIpc) is 2.61. The molecule has 2 heterocycles. The number of hydrogen-bond acceptors (Lipinski definition) is 3. The summed E-state index contributed by atoms with van der Waals surface area (Å²) in [6.45, 7) is 1.11. The van der Waals surface area contributed by atoms with E-state index in [1.165, 1.54) is 11.1 Å². The Balaban J connectivity index is 2.10. The van der Waals surface area contributed by atoms with Gasteiger partial charge in [-0.3, -0.25) is 0 Å². The third-order valence-corrected chi connectivity index (χ3v) is 2.31. The molecule has 0 aromatic heterocycles. The van der Waals surface area contributed by atoms with Gasteiger partial charge >= 0.3 is 0 Å². The lowest BCUT2D eigenvalue weighted by atomic mass is 10.1. The molecule has 1 aromatic carbocycles. The first-order chi connectivity index (χ1) is 6.43. The van der Waals surface area contributed by atoms with E-state index in [0.717, 1.165) is 12.4 Å². The van der Waals surface area contributed by atoms with E-state index >= 15 is 0 Å². The van der Waals surface area contributed by atoms with Crippen LogP contribution >= 0.6 is 0 Å². The van der Waals surface area contributed by atoms with E-state index in [1.807, 2.05) is 18.2 Å². The maximum absolute atomic E-state index is 5.28. The predicted octanol–water partition coefficient (Wildman–Crippen LogP) is 1.72. The van der Waals surface area contributed by atoms with Crippen molar-refractivity contribution in [2.24, 2.45) is 0 Å². The minimum atomic E-state index is 0.333. The van der Waals surface area contributed by atoms with Gasteiger partial charge in [0, 0.05) is 6.08 Å². The highest BCUT2D eigenvalue weighted by atomic mass is 16.8. The summed E-state index contributed by atoms with van der Waals surface area (Å²) in [6.07, 6.45) is 2.01. The van der Waals surface area contributed by atoms with Gasteiger partial charge in [-0.15, -0.1) is 0 Å². The third-order valence-electron chi connectivity index (χ3n) is 2.31. The monoisotopic (exact) mass is 175 g/mol. The molecule has 3 nitrogen and oxygen atoms in total. The number of fused-ring (bicyclic) bond motifs is 2. The minimum absolute atomic E-state index is 0.333.